The Morgan fingerprint density at radius 2 is 2.26 bits per heavy atom. The Bertz CT molecular complexity index is 735. The molecule has 2 aliphatic heterocycles. The first-order valence-corrected chi connectivity index (χ1v) is 7.86. The fraction of sp³-hybridized carbons (Fsp3) is 0.438. The zero-order valence-corrected chi connectivity index (χ0v) is 13.0. The third kappa shape index (κ3) is 2.32. The number of H-pyrrole nitrogens is 1. The molecule has 1 N–H and O–H groups in total. The molecule has 2 saturated heterocycles. The van der Waals surface area contributed by atoms with Crippen LogP contribution in [0.4, 0.5) is 5.69 Å². The van der Waals surface area contributed by atoms with Gasteiger partial charge < -0.3 is 14.8 Å². The van der Waals surface area contributed by atoms with Crippen LogP contribution in [0.2, 0.25) is 0 Å². The molecule has 7 heteroatoms. The summed E-state index contributed by atoms with van der Waals surface area (Å²) in [5, 5.41) is 4.14. The third-order valence-corrected chi connectivity index (χ3v) is 4.87. The van der Waals surface area contributed by atoms with E-state index in [4.69, 9.17) is 0 Å². The quantitative estimate of drug-likeness (QED) is 0.894. The Kier molecular flexibility index (Phi) is 3.21. The smallest absolute Gasteiger partial charge is 0.270 e. The summed E-state index contributed by atoms with van der Waals surface area (Å²) >= 11 is 0. The van der Waals surface area contributed by atoms with Crippen molar-refractivity contribution in [2.45, 2.75) is 6.42 Å². The maximum atomic E-state index is 12.8. The van der Waals surface area contributed by atoms with Gasteiger partial charge in [-0.15, -0.1) is 0 Å². The van der Waals surface area contributed by atoms with E-state index in [2.05, 4.69) is 10.1 Å². The Hall–Kier alpha value is -2.57. The fourth-order valence-electron chi connectivity index (χ4n) is 3.65. The molecule has 7 nitrogen and oxygen atoms in total. The van der Waals surface area contributed by atoms with E-state index in [-0.39, 0.29) is 23.7 Å². The standard InChI is InChI=1S/C16H19N5O2/c1-19-9-12(7-18-19)21-6-4-11-8-20(10-13(11)15(21)22)16(23)14-3-2-5-17-14/h2-3,5,7,9,11,13,17H,4,6,8,10H2,1H3. The Labute approximate surface area is 133 Å². The monoisotopic (exact) mass is 313 g/mol. The number of piperidine rings is 1. The van der Waals surface area contributed by atoms with Crippen molar-refractivity contribution in [3.8, 4) is 0 Å². The van der Waals surface area contributed by atoms with Gasteiger partial charge >= 0.3 is 0 Å². The van der Waals surface area contributed by atoms with Crippen LogP contribution in [0.3, 0.4) is 0 Å². The molecule has 2 aromatic rings. The van der Waals surface area contributed by atoms with Crippen LogP contribution in [-0.4, -0.2) is 51.1 Å². The number of aromatic amines is 1. The molecule has 23 heavy (non-hydrogen) atoms. The number of nitrogens with zero attached hydrogens (tertiary/aromatic N) is 4. The van der Waals surface area contributed by atoms with E-state index in [0.717, 1.165) is 12.1 Å². The lowest BCUT2D eigenvalue weighted by Gasteiger charge is -2.32. The first-order valence-electron chi connectivity index (χ1n) is 7.86. The summed E-state index contributed by atoms with van der Waals surface area (Å²) in [5.74, 6) is 0.235. The molecule has 0 radical (unpaired) electrons. The van der Waals surface area contributed by atoms with Crippen LogP contribution >= 0.6 is 0 Å². The van der Waals surface area contributed by atoms with E-state index in [1.54, 1.807) is 32.9 Å². The lowest BCUT2D eigenvalue weighted by atomic mass is 9.88. The van der Waals surface area contributed by atoms with Crippen LogP contribution in [0.1, 0.15) is 16.9 Å². The number of aryl methyl sites for hydroxylation is 1. The summed E-state index contributed by atoms with van der Waals surface area (Å²) in [4.78, 5) is 31.8. The highest BCUT2D eigenvalue weighted by molar-refractivity contribution is 5.98. The molecular formula is C16H19N5O2. The minimum absolute atomic E-state index is 0.0230. The zero-order chi connectivity index (χ0) is 16.0. The number of amides is 2. The van der Waals surface area contributed by atoms with Gasteiger partial charge in [-0.05, 0) is 24.5 Å². The summed E-state index contributed by atoms with van der Waals surface area (Å²) in [6, 6.07) is 3.58. The van der Waals surface area contributed by atoms with Crippen molar-refractivity contribution in [3.63, 3.8) is 0 Å². The van der Waals surface area contributed by atoms with Crippen molar-refractivity contribution in [3.05, 3.63) is 36.4 Å². The van der Waals surface area contributed by atoms with Crippen LogP contribution < -0.4 is 4.90 Å². The van der Waals surface area contributed by atoms with Crippen LogP contribution in [0.25, 0.3) is 0 Å². The molecule has 4 heterocycles. The van der Waals surface area contributed by atoms with Crippen LogP contribution in [0, 0.1) is 11.8 Å². The Morgan fingerprint density at radius 1 is 1.39 bits per heavy atom. The lowest BCUT2D eigenvalue weighted by molar-refractivity contribution is -0.124. The van der Waals surface area contributed by atoms with Crippen LogP contribution in [0.15, 0.2) is 30.7 Å². The molecular weight excluding hydrogens is 294 g/mol. The van der Waals surface area contributed by atoms with Gasteiger partial charge in [0.15, 0.2) is 0 Å². The third-order valence-electron chi connectivity index (χ3n) is 4.87. The second-order valence-corrected chi connectivity index (χ2v) is 6.31. The van der Waals surface area contributed by atoms with Gasteiger partial charge in [-0.2, -0.15) is 5.10 Å². The summed E-state index contributed by atoms with van der Waals surface area (Å²) in [5.41, 5.74) is 1.42. The second kappa shape index (κ2) is 5.26. The van der Waals surface area contributed by atoms with Crippen molar-refractivity contribution in [1.29, 1.82) is 0 Å². The van der Waals surface area contributed by atoms with Gasteiger partial charge in [0.2, 0.25) is 5.91 Å². The minimum Gasteiger partial charge on any atom is -0.357 e. The Balaban J connectivity index is 1.51. The van der Waals surface area contributed by atoms with E-state index in [1.807, 2.05) is 19.3 Å². The average Bonchev–Trinajstić information content (AvgIpc) is 3.27. The fourth-order valence-corrected chi connectivity index (χ4v) is 3.65. The molecule has 0 aliphatic carbocycles. The lowest BCUT2D eigenvalue weighted by Crippen LogP contribution is -2.45. The molecule has 2 unspecified atom stereocenters. The number of fused-ring (bicyclic) bond motifs is 1. The van der Waals surface area contributed by atoms with Crippen molar-refractivity contribution in [2.75, 3.05) is 24.5 Å². The molecule has 0 aromatic carbocycles. The van der Waals surface area contributed by atoms with Crippen LogP contribution in [-0.2, 0) is 11.8 Å². The number of rotatable bonds is 2. The second-order valence-electron chi connectivity index (χ2n) is 6.31. The summed E-state index contributed by atoms with van der Waals surface area (Å²) in [7, 11) is 1.84. The summed E-state index contributed by atoms with van der Waals surface area (Å²) < 4.78 is 1.70. The van der Waals surface area contributed by atoms with E-state index in [1.165, 1.54) is 0 Å². The van der Waals surface area contributed by atoms with Crippen molar-refractivity contribution < 1.29 is 9.59 Å². The number of likely N-dealkylation sites (tertiary alicyclic amines) is 1. The van der Waals surface area contributed by atoms with Crippen molar-refractivity contribution in [2.24, 2.45) is 18.9 Å². The normalized spacial score (nSPS) is 24.1. The number of aromatic nitrogens is 3. The van der Waals surface area contributed by atoms with Crippen molar-refractivity contribution in [1.82, 2.24) is 19.7 Å². The molecule has 2 atom stereocenters. The molecule has 2 aliphatic rings. The SMILES string of the molecule is Cn1cc(N2CCC3CN(C(=O)c4ccc[nH]4)CC3C2=O)cn1. The average molecular weight is 313 g/mol. The molecule has 2 aromatic heterocycles. The predicted octanol–water partition coefficient (Wildman–Crippen LogP) is 0.873. The number of hydrogen-bond acceptors (Lipinski definition) is 3. The highest BCUT2D eigenvalue weighted by atomic mass is 16.2. The van der Waals surface area contributed by atoms with Crippen LogP contribution in [0.5, 0.6) is 0 Å². The molecule has 0 spiro atoms. The van der Waals surface area contributed by atoms with Gasteiger partial charge in [0.05, 0.1) is 17.8 Å². The highest BCUT2D eigenvalue weighted by Gasteiger charge is 2.44. The minimum atomic E-state index is -0.108. The predicted molar refractivity (Wildman–Crippen MR) is 83.9 cm³/mol. The molecule has 4 rings (SSSR count). The van der Waals surface area contributed by atoms with E-state index in [0.29, 0.717) is 25.3 Å². The summed E-state index contributed by atoms with van der Waals surface area (Å²) in [6.07, 6.45) is 6.23. The van der Waals surface area contributed by atoms with E-state index < -0.39 is 0 Å². The van der Waals surface area contributed by atoms with Gasteiger partial charge in [-0.3, -0.25) is 14.3 Å². The maximum Gasteiger partial charge on any atom is 0.270 e. The zero-order valence-electron chi connectivity index (χ0n) is 13.0. The Morgan fingerprint density at radius 3 is 2.96 bits per heavy atom. The molecule has 2 fully saturated rings. The topological polar surface area (TPSA) is 74.2 Å². The number of carbonyl (C=O) groups is 2. The first-order chi connectivity index (χ1) is 11.1. The van der Waals surface area contributed by atoms with Gasteiger partial charge in [-0.25, -0.2) is 0 Å². The molecule has 0 bridgehead atoms. The maximum absolute atomic E-state index is 12.8. The number of anilines is 1. The summed E-state index contributed by atoms with van der Waals surface area (Å²) in [6.45, 7) is 1.85. The molecule has 2 amide bonds. The van der Waals surface area contributed by atoms with Gasteiger partial charge in [0.1, 0.15) is 5.69 Å². The highest BCUT2D eigenvalue weighted by Crippen LogP contribution is 2.34. The molecule has 120 valence electrons. The molecule has 0 saturated carbocycles. The van der Waals surface area contributed by atoms with Crippen molar-refractivity contribution >= 4 is 17.5 Å². The van der Waals surface area contributed by atoms with Gasteiger partial charge in [0.25, 0.3) is 5.91 Å². The van der Waals surface area contributed by atoms with Gasteiger partial charge in [0, 0.05) is 39.1 Å². The number of nitrogens with one attached hydrogen (secondary N) is 1. The first kappa shape index (κ1) is 14.0. The number of carbonyl (C=O) groups excluding carboxylic acids is 2. The number of hydrogen-bond donors (Lipinski definition) is 1. The van der Waals surface area contributed by atoms with E-state index >= 15 is 0 Å². The van der Waals surface area contributed by atoms with E-state index in [9.17, 15) is 9.59 Å². The largest absolute Gasteiger partial charge is 0.357 e. The van der Waals surface area contributed by atoms with Gasteiger partial charge in [-0.1, -0.05) is 0 Å².